The molecular weight excluding hydrogens is 236 g/mol. The molecule has 1 heterocycles. The molecule has 0 saturated carbocycles. The molecule has 0 saturated heterocycles. The third-order valence-corrected chi connectivity index (χ3v) is 2.98. The van der Waals surface area contributed by atoms with E-state index in [1.807, 2.05) is 18.2 Å². The van der Waals surface area contributed by atoms with Gasteiger partial charge in [0.2, 0.25) is 5.95 Å². The number of aromatic nitrogens is 3. The fraction of sp³-hybridized carbons (Fsp3) is 0.0667. The number of anilines is 1. The third-order valence-electron chi connectivity index (χ3n) is 2.98. The van der Waals surface area contributed by atoms with Crippen molar-refractivity contribution in [2.24, 2.45) is 0 Å². The monoisotopic (exact) mass is 250 g/mol. The summed E-state index contributed by atoms with van der Waals surface area (Å²) in [6.45, 7) is 0. The summed E-state index contributed by atoms with van der Waals surface area (Å²) in [6, 6.07) is 18.7. The van der Waals surface area contributed by atoms with Crippen LogP contribution in [-0.2, 0) is 6.42 Å². The Bertz CT molecular complexity index is 656. The maximum atomic E-state index is 5.48. The van der Waals surface area contributed by atoms with Gasteiger partial charge in [0, 0.05) is 6.42 Å². The molecule has 3 rings (SSSR count). The molecule has 3 N–H and O–H groups in total. The minimum absolute atomic E-state index is 0.288. The van der Waals surface area contributed by atoms with E-state index in [9.17, 15) is 0 Å². The summed E-state index contributed by atoms with van der Waals surface area (Å²) in [5.41, 5.74) is 9.09. The van der Waals surface area contributed by atoms with Gasteiger partial charge in [0.15, 0.2) is 0 Å². The van der Waals surface area contributed by atoms with Crippen molar-refractivity contribution in [2.75, 3.05) is 5.73 Å². The van der Waals surface area contributed by atoms with Crippen LogP contribution in [0, 0.1) is 0 Å². The van der Waals surface area contributed by atoms with E-state index in [1.165, 1.54) is 16.7 Å². The van der Waals surface area contributed by atoms with Crippen molar-refractivity contribution in [3.63, 3.8) is 0 Å². The van der Waals surface area contributed by atoms with Gasteiger partial charge < -0.3 is 5.73 Å². The number of nitrogen functional groups attached to an aromatic ring is 1. The van der Waals surface area contributed by atoms with Crippen molar-refractivity contribution < 1.29 is 0 Å². The van der Waals surface area contributed by atoms with Gasteiger partial charge in [-0.05, 0) is 16.7 Å². The Morgan fingerprint density at radius 2 is 1.58 bits per heavy atom. The Balaban J connectivity index is 1.79. The SMILES string of the molecule is Nc1n[nH]c(Cc2ccc(-c3ccccc3)cc2)n1. The second-order valence-corrected chi connectivity index (χ2v) is 4.38. The van der Waals surface area contributed by atoms with Gasteiger partial charge in [-0.25, -0.2) is 0 Å². The number of hydrogen-bond donors (Lipinski definition) is 2. The van der Waals surface area contributed by atoms with Gasteiger partial charge in [0.05, 0.1) is 0 Å². The molecule has 0 bridgehead atoms. The van der Waals surface area contributed by atoms with Crippen molar-refractivity contribution >= 4 is 5.95 Å². The molecule has 0 aliphatic carbocycles. The maximum Gasteiger partial charge on any atom is 0.239 e. The summed E-state index contributed by atoms with van der Waals surface area (Å²) < 4.78 is 0. The van der Waals surface area contributed by atoms with Crippen LogP contribution in [-0.4, -0.2) is 15.2 Å². The van der Waals surface area contributed by atoms with E-state index < -0.39 is 0 Å². The largest absolute Gasteiger partial charge is 0.367 e. The molecule has 4 nitrogen and oxygen atoms in total. The van der Waals surface area contributed by atoms with Crippen molar-refractivity contribution in [3.8, 4) is 11.1 Å². The summed E-state index contributed by atoms with van der Waals surface area (Å²) in [5.74, 6) is 1.07. The van der Waals surface area contributed by atoms with Gasteiger partial charge in [-0.3, -0.25) is 5.10 Å². The molecule has 0 aliphatic rings. The number of nitrogens with two attached hydrogens (primary N) is 1. The van der Waals surface area contributed by atoms with Gasteiger partial charge in [-0.15, -0.1) is 5.10 Å². The number of aromatic amines is 1. The number of hydrogen-bond acceptors (Lipinski definition) is 3. The molecule has 0 fully saturated rings. The molecule has 2 aromatic carbocycles. The van der Waals surface area contributed by atoms with E-state index in [0.717, 1.165) is 5.82 Å². The highest BCUT2D eigenvalue weighted by atomic mass is 15.3. The normalized spacial score (nSPS) is 10.5. The number of benzene rings is 2. The first-order valence-corrected chi connectivity index (χ1v) is 6.12. The van der Waals surface area contributed by atoms with Gasteiger partial charge in [0.25, 0.3) is 0 Å². The summed E-state index contributed by atoms with van der Waals surface area (Å²) in [7, 11) is 0. The first kappa shape index (κ1) is 11.5. The lowest BCUT2D eigenvalue weighted by Gasteiger charge is -2.03. The van der Waals surface area contributed by atoms with Gasteiger partial charge in [0.1, 0.15) is 5.82 Å². The number of nitrogens with one attached hydrogen (secondary N) is 1. The van der Waals surface area contributed by atoms with Crippen LogP contribution in [0.5, 0.6) is 0 Å². The predicted octanol–water partition coefficient (Wildman–Crippen LogP) is 2.64. The highest BCUT2D eigenvalue weighted by Gasteiger charge is 2.02. The molecule has 19 heavy (non-hydrogen) atoms. The molecule has 0 atom stereocenters. The second-order valence-electron chi connectivity index (χ2n) is 4.38. The molecule has 0 unspecified atom stereocenters. The third kappa shape index (κ3) is 2.63. The van der Waals surface area contributed by atoms with Crippen LogP contribution in [0.4, 0.5) is 5.95 Å². The van der Waals surface area contributed by atoms with E-state index in [2.05, 4.69) is 51.6 Å². The van der Waals surface area contributed by atoms with Crippen molar-refractivity contribution in [2.45, 2.75) is 6.42 Å². The maximum absolute atomic E-state index is 5.48. The van der Waals surface area contributed by atoms with Gasteiger partial charge >= 0.3 is 0 Å². The predicted molar refractivity (Wildman–Crippen MR) is 75.5 cm³/mol. The second kappa shape index (κ2) is 4.94. The minimum atomic E-state index is 0.288. The zero-order valence-electron chi connectivity index (χ0n) is 10.4. The molecular formula is C15H14N4. The molecule has 3 aromatic rings. The van der Waals surface area contributed by atoms with Crippen LogP contribution < -0.4 is 5.73 Å². The standard InChI is InChI=1S/C15H14N4/c16-15-17-14(18-19-15)10-11-6-8-13(9-7-11)12-4-2-1-3-5-12/h1-9H,10H2,(H3,16,17,18,19). The number of nitrogens with zero attached hydrogens (tertiary/aromatic N) is 2. The average Bonchev–Trinajstić information content (AvgIpc) is 2.86. The summed E-state index contributed by atoms with van der Waals surface area (Å²) in [6.07, 6.45) is 0.708. The van der Waals surface area contributed by atoms with Crippen molar-refractivity contribution in [1.29, 1.82) is 0 Å². The molecule has 1 aromatic heterocycles. The Morgan fingerprint density at radius 1 is 0.895 bits per heavy atom. The van der Waals surface area contributed by atoms with Crippen LogP contribution in [0.2, 0.25) is 0 Å². The molecule has 0 radical (unpaired) electrons. The Hall–Kier alpha value is -2.62. The van der Waals surface area contributed by atoms with E-state index in [0.29, 0.717) is 6.42 Å². The molecule has 0 spiro atoms. The fourth-order valence-electron chi connectivity index (χ4n) is 2.03. The lowest BCUT2D eigenvalue weighted by molar-refractivity contribution is 0.973. The van der Waals surface area contributed by atoms with Crippen LogP contribution in [0.3, 0.4) is 0 Å². The molecule has 0 aliphatic heterocycles. The van der Waals surface area contributed by atoms with E-state index in [4.69, 9.17) is 5.73 Å². The van der Waals surface area contributed by atoms with Crippen molar-refractivity contribution in [1.82, 2.24) is 15.2 Å². The van der Waals surface area contributed by atoms with E-state index >= 15 is 0 Å². The fourth-order valence-corrected chi connectivity index (χ4v) is 2.03. The number of H-pyrrole nitrogens is 1. The highest BCUT2D eigenvalue weighted by Crippen LogP contribution is 2.19. The van der Waals surface area contributed by atoms with Crippen LogP contribution in [0.25, 0.3) is 11.1 Å². The first-order chi connectivity index (χ1) is 9.31. The van der Waals surface area contributed by atoms with Gasteiger partial charge in [-0.1, -0.05) is 54.6 Å². The summed E-state index contributed by atoms with van der Waals surface area (Å²) in [5, 5.41) is 6.63. The quantitative estimate of drug-likeness (QED) is 0.751. The Kier molecular flexibility index (Phi) is 2.98. The smallest absolute Gasteiger partial charge is 0.239 e. The van der Waals surface area contributed by atoms with Crippen LogP contribution in [0.15, 0.2) is 54.6 Å². The molecule has 0 amide bonds. The summed E-state index contributed by atoms with van der Waals surface area (Å²) in [4.78, 5) is 4.10. The van der Waals surface area contributed by atoms with Crippen LogP contribution >= 0.6 is 0 Å². The topological polar surface area (TPSA) is 67.6 Å². The molecule has 94 valence electrons. The molecule has 4 heteroatoms. The Morgan fingerprint density at radius 3 is 2.21 bits per heavy atom. The van der Waals surface area contributed by atoms with E-state index in [1.54, 1.807) is 0 Å². The van der Waals surface area contributed by atoms with Crippen LogP contribution in [0.1, 0.15) is 11.4 Å². The van der Waals surface area contributed by atoms with E-state index in [-0.39, 0.29) is 5.95 Å². The zero-order valence-corrected chi connectivity index (χ0v) is 10.4. The number of rotatable bonds is 3. The minimum Gasteiger partial charge on any atom is -0.367 e. The summed E-state index contributed by atoms with van der Waals surface area (Å²) >= 11 is 0. The Labute approximate surface area is 111 Å². The zero-order chi connectivity index (χ0) is 13.1. The average molecular weight is 250 g/mol. The van der Waals surface area contributed by atoms with Crippen molar-refractivity contribution in [3.05, 3.63) is 66.0 Å². The lowest BCUT2D eigenvalue weighted by atomic mass is 10.0. The first-order valence-electron chi connectivity index (χ1n) is 6.12. The highest BCUT2D eigenvalue weighted by molar-refractivity contribution is 5.63. The van der Waals surface area contributed by atoms with Gasteiger partial charge in [-0.2, -0.15) is 4.98 Å². The lowest BCUT2D eigenvalue weighted by Crippen LogP contribution is -1.91.